The lowest BCUT2D eigenvalue weighted by Crippen LogP contribution is -2.37. The molecule has 0 saturated carbocycles. The molecule has 0 heterocycles. The number of hydrogen-bond acceptors (Lipinski definition) is 4. The minimum atomic E-state index is -1.06. The first-order chi connectivity index (χ1) is 6.26. The van der Waals surface area contributed by atoms with Gasteiger partial charge in [0.25, 0.3) is 0 Å². The molecule has 5 nitrogen and oxygen atoms in total. The summed E-state index contributed by atoms with van der Waals surface area (Å²) in [6, 6.07) is -0.884. The lowest BCUT2D eigenvalue weighted by atomic mass is 10.1. The van der Waals surface area contributed by atoms with Crippen molar-refractivity contribution in [2.75, 3.05) is 7.05 Å². The van der Waals surface area contributed by atoms with Crippen LogP contribution in [0.4, 0.5) is 0 Å². The van der Waals surface area contributed by atoms with Crippen molar-refractivity contribution in [3.05, 3.63) is 0 Å². The minimum Gasteiger partial charge on any atom is -0.480 e. The Bertz CT molecular complexity index is 219. The van der Waals surface area contributed by atoms with Gasteiger partial charge in [-0.05, 0) is 27.8 Å². The van der Waals surface area contributed by atoms with E-state index in [-0.39, 0.29) is 6.42 Å². The number of nitrogens with one attached hydrogen (secondary N) is 1. The summed E-state index contributed by atoms with van der Waals surface area (Å²) in [5.74, 6) is -1.57. The van der Waals surface area contributed by atoms with E-state index in [0.29, 0.717) is 0 Å². The highest BCUT2D eigenvalue weighted by molar-refractivity contribution is 5.81. The van der Waals surface area contributed by atoms with E-state index < -0.39 is 23.6 Å². The van der Waals surface area contributed by atoms with Gasteiger partial charge in [-0.2, -0.15) is 0 Å². The zero-order valence-electron chi connectivity index (χ0n) is 8.96. The van der Waals surface area contributed by atoms with Crippen LogP contribution in [-0.4, -0.2) is 35.7 Å². The van der Waals surface area contributed by atoms with Crippen LogP contribution in [0, 0.1) is 0 Å². The quantitative estimate of drug-likeness (QED) is 0.646. The summed E-state index contributed by atoms with van der Waals surface area (Å²) in [6.07, 6.45) is -0.164. The summed E-state index contributed by atoms with van der Waals surface area (Å²) in [5, 5.41) is 11.2. The van der Waals surface area contributed by atoms with Gasteiger partial charge in [0.2, 0.25) is 0 Å². The molecule has 0 radical (unpaired) electrons. The van der Waals surface area contributed by atoms with Gasteiger partial charge in [-0.15, -0.1) is 0 Å². The van der Waals surface area contributed by atoms with Gasteiger partial charge < -0.3 is 15.2 Å². The zero-order chi connectivity index (χ0) is 11.4. The van der Waals surface area contributed by atoms with Gasteiger partial charge in [0.1, 0.15) is 11.6 Å². The first kappa shape index (κ1) is 12.9. The highest BCUT2D eigenvalue weighted by Gasteiger charge is 2.23. The van der Waals surface area contributed by atoms with Crippen LogP contribution in [0.3, 0.4) is 0 Å². The Morgan fingerprint density at radius 3 is 2.21 bits per heavy atom. The highest BCUT2D eigenvalue weighted by atomic mass is 16.6. The fourth-order valence-electron chi connectivity index (χ4n) is 0.863. The average Bonchev–Trinajstić information content (AvgIpc) is 1.96. The molecule has 0 rings (SSSR count). The van der Waals surface area contributed by atoms with E-state index in [1.165, 1.54) is 7.05 Å². The SMILES string of the molecule is CNC(CC(=O)OC(C)(C)C)C(=O)O. The molecule has 0 spiro atoms. The third-order valence-electron chi connectivity index (χ3n) is 1.44. The maximum Gasteiger partial charge on any atom is 0.321 e. The van der Waals surface area contributed by atoms with E-state index >= 15 is 0 Å². The molecule has 0 amide bonds. The molecule has 5 heteroatoms. The number of carboxylic acids is 1. The number of carbonyl (C=O) groups excluding carboxylic acids is 1. The van der Waals surface area contributed by atoms with Crippen LogP contribution in [0.2, 0.25) is 0 Å². The molecule has 0 aliphatic rings. The molecule has 0 aromatic heterocycles. The third kappa shape index (κ3) is 5.53. The average molecular weight is 203 g/mol. The normalized spacial score (nSPS) is 13.4. The molecular formula is C9H17NO4. The van der Waals surface area contributed by atoms with E-state index in [1.54, 1.807) is 20.8 Å². The fourth-order valence-corrected chi connectivity index (χ4v) is 0.863. The van der Waals surface area contributed by atoms with Crippen LogP contribution >= 0.6 is 0 Å². The smallest absolute Gasteiger partial charge is 0.321 e. The Balaban J connectivity index is 4.11. The second kappa shape index (κ2) is 4.95. The number of carboxylic acid groups (broad SMARTS) is 1. The summed E-state index contributed by atoms with van der Waals surface area (Å²) >= 11 is 0. The number of rotatable bonds is 4. The third-order valence-corrected chi connectivity index (χ3v) is 1.44. The Hall–Kier alpha value is -1.10. The van der Waals surface area contributed by atoms with Crippen molar-refractivity contribution < 1.29 is 19.4 Å². The maximum atomic E-state index is 11.2. The molecule has 0 fully saturated rings. The Morgan fingerprint density at radius 1 is 1.43 bits per heavy atom. The summed E-state index contributed by atoms with van der Waals surface area (Å²) in [7, 11) is 1.49. The van der Waals surface area contributed by atoms with Gasteiger partial charge in [-0.3, -0.25) is 9.59 Å². The first-order valence-corrected chi connectivity index (χ1v) is 4.38. The standard InChI is InChI=1S/C9H17NO4/c1-9(2,3)14-7(11)5-6(10-4)8(12)13/h6,10H,5H2,1-4H3,(H,12,13). The maximum absolute atomic E-state index is 11.2. The Labute approximate surface area is 83.4 Å². The lowest BCUT2D eigenvalue weighted by Gasteiger charge is -2.20. The molecular weight excluding hydrogens is 186 g/mol. The summed E-state index contributed by atoms with van der Waals surface area (Å²) in [4.78, 5) is 21.8. The van der Waals surface area contributed by atoms with Crippen LogP contribution in [0.25, 0.3) is 0 Å². The second-order valence-corrected chi connectivity index (χ2v) is 3.97. The molecule has 0 bridgehead atoms. The number of likely N-dealkylation sites (N-methyl/N-ethyl adjacent to an activating group) is 1. The molecule has 82 valence electrons. The van der Waals surface area contributed by atoms with Crippen molar-refractivity contribution in [3.8, 4) is 0 Å². The van der Waals surface area contributed by atoms with Crippen LogP contribution in [0.1, 0.15) is 27.2 Å². The number of carbonyl (C=O) groups is 2. The predicted molar refractivity (Wildman–Crippen MR) is 50.9 cm³/mol. The second-order valence-electron chi connectivity index (χ2n) is 3.97. The Kier molecular flexibility index (Phi) is 4.56. The number of aliphatic carboxylic acids is 1. The van der Waals surface area contributed by atoms with E-state index in [4.69, 9.17) is 9.84 Å². The predicted octanol–water partition coefficient (Wildman–Crippen LogP) is 0.391. The van der Waals surface area contributed by atoms with Crippen molar-refractivity contribution in [1.29, 1.82) is 0 Å². The molecule has 1 unspecified atom stereocenters. The van der Waals surface area contributed by atoms with Gasteiger partial charge in [-0.25, -0.2) is 0 Å². The first-order valence-electron chi connectivity index (χ1n) is 4.38. The highest BCUT2D eigenvalue weighted by Crippen LogP contribution is 2.09. The van der Waals surface area contributed by atoms with Gasteiger partial charge in [0.05, 0.1) is 6.42 Å². The molecule has 0 aliphatic heterocycles. The van der Waals surface area contributed by atoms with Gasteiger partial charge in [-0.1, -0.05) is 0 Å². The number of esters is 1. The summed E-state index contributed by atoms with van der Waals surface area (Å²) in [5.41, 5.74) is -0.576. The van der Waals surface area contributed by atoms with Gasteiger partial charge in [0.15, 0.2) is 0 Å². The van der Waals surface area contributed by atoms with Crippen molar-refractivity contribution in [2.24, 2.45) is 0 Å². The fraction of sp³-hybridized carbons (Fsp3) is 0.778. The van der Waals surface area contributed by atoms with Gasteiger partial charge >= 0.3 is 11.9 Å². The van der Waals surface area contributed by atoms with Crippen LogP contribution < -0.4 is 5.32 Å². The minimum absolute atomic E-state index is 0.164. The van der Waals surface area contributed by atoms with E-state index in [2.05, 4.69) is 5.32 Å². The van der Waals surface area contributed by atoms with Crippen LogP contribution in [0.15, 0.2) is 0 Å². The molecule has 0 aromatic carbocycles. The summed E-state index contributed by atoms with van der Waals surface area (Å²) in [6.45, 7) is 5.21. The van der Waals surface area contributed by atoms with Gasteiger partial charge in [0, 0.05) is 0 Å². The van der Waals surface area contributed by atoms with E-state index in [0.717, 1.165) is 0 Å². The number of hydrogen-bond donors (Lipinski definition) is 2. The molecule has 14 heavy (non-hydrogen) atoms. The summed E-state index contributed by atoms with van der Waals surface area (Å²) < 4.78 is 4.98. The van der Waals surface area contributed by atoms with Crippen molar-refractivity contribution >= 4 is 11.9 Å². The van der Waals surface area contributed by atoms with Crippen molar-refractivity contribution in [2.45, 2.75) is 38.8 Å². The van der Waals surface area contributed by atoms with E-state index in [9.17, 15) is 9.59 Å². The largest absolute Gasteiger partial charge is 0.480 e. The molecule has 0 aliphatic carbocycles. The number of ether oxygens (including phenoxy) is 1. The van der Waals surface area contributed by atoms with Crippen LogP contribution in [0.5, 0.6) is 0 Å². The molecule has 0 aromatic rings. The lowest BCUT2D eigenvalue weighted by molar-refractivity contribution is -0.158. The van der Waals surface area contributed by atoms with E-state index in [1.807, 2.05) is 0 Å². The topological polar surface area (TPSA) is 75.6 Å². The van der Waals surface area contributed by atoms with Crippen molar-refractivity contribution in [3.63, 3.8) is 0 Å². The molecule has 0 saturated heterocycles. The monoisotopic (exact) mass is 203 g/mol. The van der Waals surface area contributed by atoms with Crippen molar-refractivity contribution in [1.82, 2.24) is 5.32 Å². The zero-order valence-corrected chi connectivity index (χ0v) is 8.96. The Morgan fingerprint density at radius 2 is 1.93 bits per heavy atom. The molecule has 2 N–H and O–H groups in total. The van der Waals surface area contributed by atoms with Crippen LogP contribution in [-0.2, 0) is 14.3 Å². The molecule has 1 atom stereocenters.